The Morgan fingerprint density at radius 1 is 1.33 bits per heavy atom. The van der Waals surface area contributed by atoms with Crippen LogP contribution < -0.4 is 5.32 Å². The van der Waals surface area contributed by atoms with Crippen LogP contribution in [0.25, 0.3) is 0 Å². The zero-order valence-electron chi connectivity index (χ0n) is 13.4. The van der Waals surface area contributed by atoms with Crippen LogP contribution in [0, 0.1) is 22.6 Å². The van der Waals surface area contributed by atoms with Crippen molar-refractivity contribution >= 4 is 0 Å². The van der Waals surface area contributed by atoms with Gasteiger partial charge in [0.15, 0.2) is 0 Å². The molecule has 3 rings (SSSR count). The summed E-state index contributed by atoms with van der Waals surface area (Å²) in [6, 6.07) is 4.79. The number of fused-ring (bicyclic) bond motifs is 2. The van der Waals surface area contributed by atoms with Crippen molar-refractivity contribution in [3.8, 4) is 5.75 Å². The SMILES string of the molecule is CC(NC1CC2CCC1(C)C2(C)C)c1ccc(F)cc1O. The molecule has 0 aliphatic heterocycles. The second-order valence-corrected chi connectivity index (χ2v) is 7.75. The van der Waals surface area contributed by atoms with Gasteiger partial charge in [-0.3, -0.25) is 0 Å². The predicted molar refractivity (Wildman–Crippen MR) is 82.6 cm³/mol. The van der Waals surface area contributed by atoms with Gasteiger partial charge in [-0.2, -0.15) is 0 Å². The molecule has 0 heterocycles. The molecule has 4 unspecified atom stereocenters. The van der Waals surface area contributed by atoms with E-state index in [0.717, 1.165) is 11.5 Å². The number of halogens is 1. The zero-order valence-corrected chi connectivity index (χ0v) is 13.4. The van der Waals surface area contributed by atoms with Gasteiger partial charge in [-0.25, -0.2) is 4.39 Å². The van der Waals surface area contributed by atoms with Gasteiger partial charge in [0.05, 0.1) is 0 Å². The second kappa shape index (κ2) is 4.70. The van der Waals surface area contributed by atoms with Gasteiger partial charge < -0.3 is 10.4 Å². The highest BCUT2D eigenvalue weighted by atomic mass is 19.1. The highest BCUT2D eigenvalue weighted by Gasteiger charge is 2.61. The van der Waals surface area contributed by atoms with Crippen LogP contribution >= 0.6 is 0 Å². The van der Waals surface area contributed by atoms with E-state index in [2.05, 4.69) is 33.0 Å². The molecule has 2 saturated carbocycles. The van der Waals surface area contributed by atoms with Gasteiger partial charge in [0.1, 0.15) is 11.6 Å². The summed E-state index contributed by atoms with van der Waals surface area (Å²) in [4.78, 5) is 0. The number of phenols is 1. The summed E-state index contributed by atoms with van der Waals surface area (Å²) in [6.45, 7) is 9.24. The average molecular weight is 291 g/mol. The Balaban J connectivity index is 1.79. The maximum Gasteiger partial charge on any atom is 0.126 e. The van der Waals surface area contributed by atoms with Crippen molar-refractivity contribution in [3.63, 3.8) is 0 Å². The van der Waals surface area contributed by atoms with E-state index in [1.165, 1.54) is 31.4 Å². The fourth-order valence-corrected chi connectivity index (χ4v) is 4.73. The van der Waals surface area contributed by atoms with Gasteiger partial charge in [0.2, 0.25) is 0 Å². The minimum atomic E-state index is -0.392. The second-order valence-electron chi connectivity index (χ2n) is 7.75. The lowest BCUT2D eigenvalue weighted by Gasteiger charge is -2.40. The van der Waals surface area contributed by atoms with Crippen LogP contribution in [0.5, 0.6) is 5.75 Å². The molecule has 0 saturated heterocycles. The molecule has 1 aromatic carbocycles. The van der Waals surface area contributed by atoms with Gasteiger partial charge >= 0.3 is 0 Å². The maximum absolute atomic E-state index is 13.1. The molecule has 0 spiro atoms. The summed E-state index contributed by atoms with van der Waals surface area (Å²) in [5, 5.41) is 13.7. The summed E-state index contributed by atoms with van der Waals surface area (Å²) < 4.78 is 13.1. The highest BCUT2D eigenvalue weighted by Crippen LogP contribution is 2.65. The van der Waals surface area contributed by atoms with Gasteiger partial charge in [0, 0.05) is 23.7 Å². The molecule has 2 N–H and O–H groups in total. The number of nitrogens with one attached hydrogen (secondary N) is 1. The largest absolute Gasteiger partial charge is 0.508 e. The molecule has 0 aromatic heterocycles. The van der Waals surface area contributed by atoms with E-state index in [0.29, 0.717) is 16.9 Å². The molecule has 4 atom stereocenters. The lowest BCUT2D eigenvalue weighted by atomic mass is 9.69. The summed E-state index contributed by atoms with van der Waals surface area (Å²) >= 11 is 0. The van der Waals surface area contributed by atoms with Crippen LogP contribution in [0.15, 0.2) is 18.2 Å². The third kappa shape index (κ3) is 2.09. The lowest BCUT2D eigenvalue weighted by Crippen LogP contribution is -2.45. The highest BCUT2D eigenvalue weighted by molar-refractivity contribution is 5.35. The van der Waals surface area contributed by atoms with Crippen molar-refractivity contribution in [2.45, 2.75) is 59.0 Å². The van der Waals surface area contributed by atoms with Crippen molar-refractivity contribution < 1.29 is 9.50 Å². The first kappa shape index (κ1) is 14.8. The molecular weight excluding hydrogens is 265 g/mol. The Morgan fingerprint density at radius 2 is 2.05 bits per heavy atom. The Morgan fingerprint density at radius 3 is 2.57 bits per heavy atom. The topological polar surface area (TPSA) is 32.3 Å². The van der Waals surface area contributed by atoms with E-state index < -0.39 is 5.82 Å². The van der Waals surface area contributed by atoms with E-state index in [9.17, 15) is 9.50 Å². The molecule has 2 aliphatic rings. The third-order valence-corrected chi connectivity index (χ3v) is 6.70. The monoisotopic (exact) mass is 291 g/mol. The maximum atomic E-state index is 13.1. The standard InChI is InChI=1S/C18H26FNO/c1-11(14-6-5-13(19)10-15(14)21)20-16-9-12-7-8-18(16,4)17(12,2)3/h5-6,10-12,16,20-21H,7-9H2,1-4H3. The van der Waals surface area contributed by atoms with E-state index >= 15 is 0 Å². The number of hydrogen-bond acceptors (Lipinski definition) is 2. The Bertz CT molecular complexity index is 556. The molecule has 2 aliphatic carbocycles. The lowest BCUT2D eigenvalue weighted by molar-refractivity contribution is 0.116. The van der Waals surface area contributed by atoms with Crippen molar-refractivity contribution in [3.05, 3.63) is 29.6 Å². The van der Waals surface area contributed by atoms with Gasteiger partial charge in [0.25, 0.3) is 0 Å². The molecule has 0 amide bonds. The van der Waals surface area contributed by atoms with Gasteiger partial charge in [-0.05, 0) is 49.0 Å². The van der Waals surface area contributed by atoms with Crippen LogP contribution in [0.1, 0.15) is 58.6 Å². The zero-order chi connectivity index (χ0) is 15.4. The number of hydrogen-bond donors (Lipinski definition) is 2. The fourth-order valence-electron chi connectivity index (χ4n) is 4.73. The Kier molecular flexibility index (Phi) is 3.32. The number of aromatic hydroxyl groups is 1. The summed E-state index contributed by atoms with van der Waals surface area (Å²) in [7, 11) is 0. The van der Waals surface area contributed by atoms with Crippen molar-refractivity contribution in [1.82, 2.24) is 5.32 Å². The van der Waals surface area contributed by atoms with E-state index in [-0.39, 0.29) is 11.8 Å². The number of benzene rings is 1. The molecule has 2 bridgehead atoms. The van der Waals surface area contributed by atoms with Crippen LogP contribution in [-0.2, 0) is 0 Å². The number of rotatable bonds is 3. The molecule has 21 heavy (non-hydrogen) atoms. The van der Waals surface area contributed by atoms with Crippen molar-refractivity contribution in [2.24, 2.45) is 16.7 Å². The minimum Gasteiger partial charge on any atom is -0.508 e. The van der Waals surface area contributed by atoms with Crippen molar-refractivity contribution in [2.75, 3.05) is 0 Å². The molecule has 2 nitrogen and oxygen atoms in total. The third-order valence-electron chi connectivity index (χ3n) is 6.70. The van der Waals surface area contributed by atoms with E-state index in [1.807, 2.05) is 0 Å². The Labute approximate surface area is 126 Å². The smallest absolute Gasteiger partial charge is 0.126 e. The predicted octanol–water partition coefficient (Wildman–Crippen LogP) is 4.40. The molecule has 0 radical (unpaired) electrons. The quantitative estimate of drug-likeness (QED) is 0.865. The molecule has 2 fully saturated rings. The fraction of sp³-hybridized carbons (Fsp3) is 0.667. The number of phenolic OH excluding ortho intramolecular Hbond substituents is 1. The van der Waals surface area contributed by atoms with E-state index in [1.54, 1.807) is 6.07 Å². The van der Waals surface area contributed by atoms with Crippen LogP contribution in [0.3, 0.4) is 0 Å². The minimum absolute atomic E-state index is 0.0302. The Hall–Kier alpha value is -1.09. The first-order valence-electron chi connectivity index (χ1n) is 8.00. The molecule has 3 heteroatoms. The summed E-state index contributed by atoms with van der Waals surface area (Å²) in [5.41, 5.74) is 1.46. The van der Waals surface area contributed by atoms with Crippen LogP contribution in [0.2, 0.25) is 0 Å². The van der Waals surface area contributed by atoms with E-state index in [4.69, 9.17) is 0 Å². The molecule has 116 valence electrons. The van der Waals surface area contributed by atoms with Crippen molar-refractivity contribution in [1.29, 1.82) is 0 Å². The normalized spacial score (nSPS) is 35.1. The van der Waals surface area contributed by atoms with Gasteiger partial charge in [-0.15, -0.1) is 0 Å². The summed E-state index contributed by atoms with van der Waals surface area (Å²) in [6.07, 6.45) is 3.80. The summed E-state index contributed by atoms with van der Waals surface area (Å²) in [5.74, 6) is 0.438. The van der Waals surface area contributed by atoms with Crippen LogP contribution in [0.4, 0.5) is 4.39 Å². The average Bonchev–Trinajstić information content (AvgIpc) is 2.71. The van der Waals surface area contributed by atoms with Crippen LogP contribution in [-0.4, -0.2) is 11.1 Å². The molecular formula is C18H26FNO. The first-order valence-corrected chi connectivity index (χ1v) is 8.00. The van der Waals surface area contributed by atoms with Gasteiger partial charge in [-0.1, -0.05) is 26.8 Å². The molecule has 1 aromatic rings. The first-order chi connectivity index (χ1) is 9.75.